The fraction of sp³-hybridized carbons (Fsp3) is 0.579. The normalized spacial score (nSPS) is 20.5. The number of hydrogen-bond donors (Lipinski definition) is 2. The Labute approximate surface area is 159 Å². The van der Waals surface area contributed by atoms with E-state index in [1.54, 1.807) is 44.1 Å². The van der Waals surface area contributed by atoms with Gasteiger partial charge in [0.1, 0.15) is 17.0 Å². The third kappa shape index (κ3) is 4.51. The number of methoxy groups -OCH3 is 1. The third-order valence-corrected chi connectivity index (χ3v) is 4.97. The number of aryl methyl sites for hydroxylation is 1. The molecule has 2 N–H and O–H groups in total. The summed E-state index contributed by atoms with van der Waals surface area (Å²) < 4.78 is 7.16. The molecule has 27 heavy (non-hydrogen) atoms. The van der Waals surface area contributed by atoms with Crippen molar-refractivity contribution in [3.05, 3.63) is 30.0 Å². The first kappa shape index (κ1) is 19.4. The SMILES string of the molecule is COC1CCC(NC(=O)c2cc(C(C)(C)O)nc(-c3cncn3C)n2)CC1. The summed E-state index contributed by atoms with van der Waals surface area (Å²) in [5.41, 5.74) is 0.117. The van der Waals surface area contributed by atoms with Crippen LogP contribution < -0.4 is 5.32 Å². The molecule has 0 atom stereocenters. The number of ether oxygens (including phenoxy) is 1. The van der Waals surface area contributed by atoms with Crippen molar-refractivity contribution in [2.24, 2.45) is 7.05 Å². The van der Waals surface area contributed by atoms with Crippen LogP contribution in [0.1, 0.15) is 55.7 Å². The minimum atomic E-state index is -1.19. The van der Waals surface area contributed by atoms with Crippen molar-refractivity contribution in [1.82, 2.24) is 24.8 Å². The number of aromatic nitrogens is 4. The molecule has 1 amide bonds. The second-order valence-electron chi connectivity index (χ2n) is 7.59. The van der Waals surface area contributed by atoms with Gasteiger partial charge >= 0.3 is 0 Å². The first-order valence-corrected chi connectivity index (χ1v) is 9.20. The summed E-state index contributed by atoms with van der Waals surface area (Å²) in [5.74, 6) is 0.107. The Morgan fingerprint density at radius 3 is 2.56 bits per heavy atom. The van der Waals surface area contributed by atoms with Crippen molar-refractivity contribution in [2.75, 3.05) is 7.11 Å². The lowest BCUT2D eigenvalue weighted by Gasteiger charge is -2.28. The lowest BCUT2D eigenvalue weighted by molar-refractivity contribution is 0.0597. The maximum Gasteiger partial charge on any atom is 0.270 e. The number of imidazole rings is 1. The van der Waals surface area contributed by atoms with Gasteiger partial charge in [0.25, 0.3) is 5.91 Å². The summed E-state index contributed by atoms with van der Waals surface area (Å²) in [6.45, 7) is 3.27. The molecule has 0 aromatic carbocycles. The predicted molar refractivity (Wildman–Crippen MR) is 100.0 cm³/mol. The molecule has 8 heteroatoms. The first-order valence-electron chi connectivity index (χ1n) is 9.20. The number of hydrogen-bond acceptors (Lipinski definition) is 6. The van der Waals surface area contributed by atoms with Crippen molar-refractivity contribution >= 4 is 5.91 Å². The van der Waals surface area contributed by atoms with Gasteiger partial charge in [-0.3, -0.25) is 4.79 Å². The van der Waals surface area contributed by atoms with E-state index >= 15 is 0 Å². The molecule has 146 valence electrons. The smallest absolute Gasteiger partial charge is 0.270 e. The van der Waals surface area contributed by atoms with Gasteiger partial charge in [0.05, 0.1) is 24.3 Å². The van der Waals surface area contributed by atoms with Crippen LogP contribution in [0, 0.1) is 0 Å². The minimum absolute atomic E-state index is 0.101. The number of aliphatic hydroxyl groups is 1. The van der Waals surface area contributed by atoms with Crippen LogP contribution in [0.4, 0.5) is 0 Å². The molecule has 0 radical (unpaired) electrons. The first-order chi connectivity index (χ1) is 12.8. The van der Waals surface area contributed by atoms with E-state index in [0.717, 1.165) is 25.7 Å². The molecule has 0 spiro atoms. The van der Waals surface area contributed by atoms with Crippen molar-refractivity contribution < 1.29 is 14.6 Å². The topological polar surface area (TPSA) is 102 Å². The molecule has 3 rings (SSSR count). The summed E-state index contributed by atoms with van der Waals surface area (Å²) >= 11 is 0. The molecular weight excluding hydrogens is 346 g/mol. The third-order valence-electron chi connectivity index (χ3n) is 4.97. The zero-order valence-electron chi connectivity index (χ0n) is 16.3. The highest BCUT2D eigenvalue weighted by Gasteiger charge is 2.26. The summed E-state index contributed by atoms with van der Waals surface area (Å²) in [4.78, 5) is 25.8. The molecule has 2 aromatic heterocycles. The summed E-state index contributed by atoms with van der Waals surface area (Å²) in [6, 6.07) is 1.65. The minimum Gasteiger partial charge on any atom is -0.384 e. The van der Waals surface area contributed by atoms with Gasteiger partial charge in [-0.25, -0.2) is 15.0 Å². The number of nitrogens with one attached hydrogen (secondary N) is 1. The van der Waals surface area contributed by atoms with E-state index in [4.69, 9.17) is 4.74 Å². The van der Waals surface area contributed by atoms with E-state index in [1.807, 2.05) is 7.05 Å². The average Bonchev–Trinajstić information content (AvgIpc) is 3.07. The van der Waals surface area contributed by atoms with E-state index in [2.05, 4.69) is 20.3 Å². The Hall–Kier alpha value is -2.32. The molecule has 1 fully saturated rings. The Kier molecular flexibility index (Phi) is 5.57. The highest BCUT2D eigenvalue weighted by atomic mass is 16.5. The standard InChI is InChI=1S/C19H27N5O3/c1-19(2,26)16-9-14(22-17(23-16)15-10-20-11-24(15)3)18(25)21-12-5-7-13(27-4)8-6-12/h9-13,26H,5-8H2,1-4H3,(H,21,25). The van der Waals surface area contributed by atoms with Crippen LogP contribution in [0.25, 0.3) is 11.5 Å². The van der Waals surface area contributed by atoms with Crippen LogP contribution in [0.3, 0.4) is 0 Å². The van der Waals surface area contributed by atoms with Crippen molar-refractivity contribution in [3.8, 4) is 11.5 Å². The monoisotopic (exact) mass is 373 g/mol. The molecule has 0 unspecified atom stereocenters. The van der Waals surface area contributed by atoms with E-state index in [-0.39, 0.29) is 23.7 Å². The van der Waals surface area contributed by atoms with Gasteiger partial charge < -0.3 is 19.7 Å². The Balaban J connectivity index is 1.85. The van der Waals surface area contributed by atoms with Crippen LogP contribution >= 0.6 is 0 Å². The zero-order valence-corrected chi connectivity index (χ0v) is 16.3. The van der Waals surface area contributed by atoms with Crippen LogP contribution in [0.2, 0.25) is 0 Å². The number of carbonyl (C=O) groups excluding carboxylic acids is 1. The van der Waals surface area contributed by atoms with Gasteiger partial charge in [-0.05, 0) is 45.6 Å². The molecule has 1 aliphatic rings. The molecule has 2 aromatic rings. The number of carbonyl (C=O) groups is 1. The Morgan fingerprint density at radius 2 is 2.00 bits per heavy atom. The fourth-order valence-corrected chi connectivity index (χ4v) is 3.27. The van der Waals surface area contributed by atoms with Crippen molar-refractivity contribution in [1.29, 1.82) is 0 Å². The fourth-order valence-electron chi connectivity index (χ4n) is 3.27. The van der Waals surface area contributed by atoms with Gasteiger partial charge in [0.2, 0.25) is 0 Å². The van der Waals surface area contributed by atoms with Crippen LogP contribution in [0.5, 0.6) is 0 Å². The molecule has 0 bridgehead atoms. The van der Waals surface area contributed by atoms with E-state index < -0.39 is 5.60 Å². The van der Waals surface area contributed by atoms with Gasteiger partial charge in [-0.1, -0.05) is 0 Å². The van der Waals surface area contributed by atoms with Crippen LogP contribution in [-0.2, 0) is 17.4 Å². The average molecular weight is 373 g/mol. The number of rotatable bonds is 5. The predicted octanol–water partition coefficient (Wildman–Crippen LogP) is 1.79. The van der Waals surface area contributed by atoms with Crippen molar-refractivity contribution in [2.45, 2.75) is 57.3 Å². The van der Waals surface area contributed by atoms with Gasteiger partial charge in [0, 0.05) is 20.2 Å². The van der Waals surface area contributed by atoms with E-state index in [0.29, 0.717) is 17.2 Å². The maximum absolute atomic E-state index is 12.8. The second-order valence-corrected chi connectivity index (χ2v) is 7.59. The van der Waals surface area contributed by atoms with Gasteiger partial charge in [0.15, 0.2) is 5.82 Å². The molecule has 1 saturated carbocycles. The Morgan fingerprint density at radius 1 is 1.30 bits per heavy atom. The van der Waals surface area contributed by atoms with Crippen LogP contribution in [-0.4, -0.2) is 49.8 Å². The molecule has 2 heterocycles. The lowest BCUT2D eigenvalue weighted by atomic mass is 9.93. The van der Waals surface area contributed by atoms with E-state index in [1.165, 1.54) is 0 Å². The molecule has 1 aliphatic carbocycles. The molecule has 8 nitrogen and oxygen atoms in total. The summed E-state index contributed by atoms with van der Waals surface area (Å²) in [6.07, 6.45) is 7.17. The maximum atomic E-state index is 12.8. The zero-order chi connectivity index (χ0) is 19.6. The highest BCUT2D eigenvalue weighted by molar-refractivity contribution is 5.93. The summed E-state index contributed by atoms with van der Waals surface area (Å²) in [5, 5.41) is 13.5. The summed E-state index contributed by atoms with van der Waals surface area (Å²) in [7, 11) is 3.55. The molecule has 0 aliphatic heterocycles. The number of amides is 1. The van der Waals surface area contributed by atoms with Gasteiger partial charge in [-0.2, -0.15) is 0 Å². The van der Waals surface area contributed by atoms with Crippen LogP contribution in [0.15, 0.2) is 18.6 Å². The van der Waals surface area contributed by atoms with Gasteiger partial charge in [-0.15, -0.1) is 0 Å². The second kappa shape index (κ2) is 7.74. The van der Waals surface area contributed by atoms with Crippen molar-refractivity contribution in [3.63, 3.8) is 0 Å². The molecular formula is C19H27N5O3. The Bertz CT molecular complexity index is 804. The largest absolute Gasteiger partial charge is 0.384 e. The molecule has 0 saturated heterocycles. The highest BCUT2D eigenvalue weighted by Crippen LogP contribution is 2.24. The lowest BCUT2D eigenvalue weighted by Crippen LogP contribution is -2.39. The number of nitrogens with zero attached hydrogens (tertiary/aromatic N) is 4. The quantitative estimate of drug-likeness (QED) is 0.828. The van der Waals surface area contributed by atoms with E-state index in [9.17, 15) is 9.90 Å².